The highest BCUT2D eigenvalue weighted by atomic mass is 16.5. The Labute approximate surface area is 152 Å². The van der Waals surface area contributed by atoms with Gasteiger partial charge in [0, 0.05) is 12.2 Å². The smallest absolute Gasteiger partial charge is 0.251 e. The number of benzene rings is 2. The summed E-state index contributed by atoms with van der Waals surface area (Å²) in [6, 6.07) is 16.3. The average molecular weight is 357 g/mol. The Morgan fingerprint density at radius 2 is 1.96 bits per heavy atom. The second kappa shape index (κ2) is 9.33. The van der Waals surface area contributed by atoms with Crippen LogP contribution in [0.2, 0.25) is 0 Å². The number of nitrogens with one attached hydrogen (secondary N) is 1. The highest BCUT2D eigenvalue weighted by molar-refractivity contribution is 5.94. The zero-order chi connectivity index (χ0) is 18.2. The van der Waals surface area contributed by atoms with Gasteiger partial charge in [0.1, 0.15) is 17.6 Å². The van der Waals surface area contributed by atoms with Crippen molar-refractivity contribution < 1.29 is 24.1 Å². The van der Waals surface area contributed by atoms with Crippen molar-refractivity contribution in [2.75, 3.05) is 26.4 Å². The van der Waals surface area contributed by atoms with Gasteiger partial charge in [-0.15, -0.1) is 0 Å². The lowest BCUT2D eigenvalue weighted by Crippen LogP contribution is -2.50. The molecule has 0 unspecified atom stereocenters. The van der Waals surface area contributed by atoms with Crippen LogP contribution in [0.4, 0.5) is 0 Å². The molecule has 1 aliphatic rings. The Morgan fingerprint density at radius 1 is 1.15 bits per heavy atom. The summed E-state index contributed by atoms with van der Waals surface area (Å²) in [6.45, 7) is 1.14. The van der Waals surface area contributed by atoms with Crippen LogP contribution >= 0.6 is 0 Å². The summed E-state index contributed by atoms with van der Waals surface area (Å²) < 4.78 is 16.8. The van der Waals surface area contributed by atoms with Crippen LogP contribution in [0.25, 0.3) is 0 Å². The van der Waals surface area contributed by atoms with E-state index in [1.807, 2.05) is 36.4 Å². The maximum Gasteiger partial charge on any atom is 0.251 e. The number of para-hydroxylation sites is 1. The fourth-order valence-electron chi connectivity index (χ4n) is 2.82. The Morgan fingerprint density at radius 3 is 2.77 bits per heavy atom. The zero-order valence-electron chi connectivity index (χ0n) is 14.5. The largest absolute Gasteiger partial charge is 0.457 e. The van der Waals surface area contributed by atoms with Gasteiger partial charge in [-0.25, -0.2) is 0 Å². The minimum atomic E-state index is -0.261. The monoisotopic (exact) mass is 357 g/mol. The molecule has 1 fully saturated rings. The fourth-order valence-corrected chi connectivity index (χ4v) is 2.82. The molecule has 1 amide bonds. The van der Waals surface area contributed by atoms with Crippen LogP contribution in [-0.2, 0) is 9.47 Å². The SMILES string of the molecule is O=C(N[C@@H]1CCOC[C@H]1OCCO)c1cccc(Oc2ccccc2)c1. The van der Waals surface area contributed by atoms with Gasteiger partial charge in [0.05, 0.1) is 25.9 Å². The van der Waals surface area contributed by atoms with Gasteiger partial charge in [0.15, 0.2) is 0 Å². The molecule has 0 radical (unpaired) electrons. The van der Waals surface area contributed by atoms with Crippen LogP contribution in [0.5, 0.6) is 11.5 Å². The van der Waals surface area contributed by atoms with Crippen LogP contribution in [0.1, 0.15) is 16.8 Å². The molecular formula is C20H23NO5. The minimum Gasteiger partial charge on any atom is -0.457 e. The fraction of sp³-hybridized carbons (Fsp3) is 0.350. The molecule has 3 rings (SSSR count). The van der Waals surface area contributed by atoms with Gasteiger partial charge in [-0.1, -0.05) is 24.3 Å². The Balaban J connectivity index is 1.64. The van der Waals surface area contributed by atoms with E-state index in [0.29, 0.717) is 36.7 Å². The maximum atomic E-state index is 12.6. The van der Waals surface area contributed by atoms with Gasteiger partial charge in [-0.05, 0) is 36.8 Å². The van der Waals surface area contributed by atoms with Gasteiger partial charge in [-0.2, -0.15) is 0 Å². The number of amides is 1. The number of hydrogen-bond donors (Lipinski definition) is 2. The lowest BCUT2D eigenvalue weighted by molar-refractivity contribution is -0.0737. The third kappa shape index (κ3) is 5.05. The number of hydrogen-bond acceptors (Lipinski definition) is 5. The van der Waals surface area contributed by atoms with Crippen molar-refractivity contribution in [1.82, 2.24) is 5.32 Å². The predicted molar refractivity (Wildman–Crippen MR) is 96.5 cm³/mol. The van der Waals surface area contributed by atoms with Gasteiger partial charge < -0.3 is 24.6 Å². The molecule has 0 saturated carbocycles. The van der Waals surface area contributed by atoms with E-state index in [4.69, 9.17) is 19.3 Å². The van der Waals surface area contributed by atoms with Crippen molar-refractivity contribution in [2.24, 2.45) is 0 Å². The average Bonchev–Trinajstić information content (AvgIpc) is 2.68. The summed E-state index contributed by atoms with van der Waals surface area (Å²) in [7, 11) is 0. The van der Waals surface area contributed by atoms with E-state index < -0.39 is 0 Å². The van der Waals surface area contributed by atoms with Crippen molar-refractivity contribution in [3.8, 4) is 11.5 Å². The lowest BCUT2D eigenvalue weighted by atomic mass is 10.1. The lowest BCUT2D eigenvalue weighted by Gasteiger charge is -2.32. The van der Waals surface area contributed by atoms with E-state index in [-0.39, 0.29) is 31.3 Å². The van der Waals surface area contributed by atoms with E-state index in [2.05, 4.69) is 5.32 Å². The van der Waals surface area contributed by atoms with Gasteiger partial charge in [0.2, 0.25) is 0 Å². The number of ether oxygens (including phenoxy) is 3. The van der Waals surface area contributed by atoms with Crippen LogP contribution in [0, 0.1) is 0 Å². The van der Waals surface area contributed by atoms with E-state index in [1.165, 1.54) is 0 Å². The van der Waals surface area contributed by atoms with E-state index in [1.54, 1.807) is 18.2 Å². The van der Waals surface area contributed by atoms with Crippen molar-refractivity contribution in [3.63, 3.8) is 0 Å². The second-order valence-electron chi connectivity index (χ2n) is 6.02. The molecule has 26 heavy (non-hydrogen) atoms. The van der Waals surface area contributed by atoms with Gasteiger partial charge in [-0.3, -0.25) is 4.79 Å². The van der Waals surface area contributed by atoms with Crippen LogP contribution in [0.3, 0.4) is 0 Å². The molecule has 2 aromatic rings. The molecule has 0 bridgehead atoms. The third-order valence-corrected chi connectivity index (χ3v) is 4.12. The molecule has 138 valence electrons. The van der Waals surface area contributed by atoms with E-state index >= 15 is 0 Å². The molecule has 2 atom stereocenters. The number of aliphatic hydroxyl groups excluding tert-OH is 1. The third-order valence-electron chi connectivity index (χ3n) is 4.12. The molecule has 6 heteroatoms. The topological polar surface area (TPSA) is 77.0 Å². The number of carbonyl (C=O) groups excluding carboxylic acids is 1. The minimum absolute atomic E-state index is 0.0595. The van der Waals surface area contributed by atoms with Crippen molar-refractivity contribution in [3.05, 3.63) is 60.2 Å². The van der Waals surface area contributed by atoms with Crippen molar-refractivity contribution in [1.29, 1.82) is 0 Å². The first-order valence-corrected chi connectivity index (χ1v) is 8.70. The number of rotatable bonds is 7. The predicted octanol–water partition coefficient (Wildman–Crippen LogP) is 2.38. The molecular weight excluding hydrogens is 334 g/mol. The molecule has 2 aromatic carbocycles. The normalized spacial score (nSPS) is 19.7. The highest BCUT2D eigenvalue weighted by Gasteiger charge is 2.28. The molecule has 0 aliphatic carbocycles. The maximum absolute atomic E-state index is 12.6. The number of carbonyl (C=O) groups is 1. The van der Waals surface area contributed by atoms with Gasteiger partial charge >= 0.3 is 0 Å². The zero-order valence-corrected chi connectivity index (χ0v) is 14.5. The van der Waals surface area contributed by atoms with Crippen molar-refractivity contribution >= 4 is 5.91 Å². The first-order valence-electron chi connectivity index (χ1n) is 8.70. The Bertz CT molecular complexity index is 706. The Kier molecular flexibility index (Phi) is 6.60. The van der Waals surface area contributed by atoms with Gasteiger partial charge in [0.25, 0.3) is 5.91 Å². The van der Waals surface area contributed by atoms with Crippen molar-refractivity contribution in [2.45, 2.75) is 18.6 Å². The van der Waals surface area contributed by atoms with Crippen LogP contribution in [0.15, 0.2) is 54.6 Å². The molecule has 1 heterocycles. The highest BCUT2D eigenvalue weighted by Crippen LogP contribution is 2.22. The molecule has 0 aromatic heterocycles. The molecule has 2 N–H and O–H groups in total. The summed E-state index contributed by atoms with van der Waals surface area (Å²) in [5, 5.41) is 11.9. The standard InChI is InChI=1S/C20H23NO5/c22-10-12-25-19-14-24-11-9-18(19)21-20(23)15-5-4-8-17(13-15)26-16-6-2-1-3-7-16/h1-8,13,18-19,22H,9-12,14H2,(H,21,23)/t18-,19-/m1/s1. The van der Waals surface area contributed by atoms with Crippen LogP contribution < -0.4 is 10.1 Å². The Hall–Kier alpha value is -2.41. The van der Waals surface area contributed by atoms with E-state index in [0.717, 1.165) is 0 Å². The molecule has 1 aliphatic heterocycles. The number of aliphatic hydroxyl groups is 1. The molecule has 0 spiro atoms. The summed E-state index contributed by atoms with van der Waals surface area (Å²) in [5.41, 5.74) is 0.519. The quantitative estimate of drug-likeness (QED) is 0.796. The molecule has 1 saturated heterocycles. The van der Waals surface area contributed by atoms with E-state index in [9.17, 15) is 4.79 Å². The first kappa shape index (κ1) is 18.4. The summed E-state index contributed by atoms with van der Waals surface area (Å²) >= 11 is 0. The second-order valence-corrected chi connectivity index (χ2v) is 6.02. The first-order chi connectivity index (χ1) is 12.8. The molecule has 6 nitrogen and oxygen atoms in total. The summed E-state index contributed by atoms with van der Waals surface area (Å²) in [6.07, 6.45) is 0.408. The van der Waals surface area contributed by atoms with Crippen LogP contribution in [-0.4, -0.2) is 49.6 Å². The summed E-state index contributed by atoms with van der Waals surface area (Å²) in [4.78, 5) is 12.6. The summed E-state index contributed by atoms with van der Waals surface area (Å²) in [5.74, 6) is 1.13.